The Morgan fingerprint density at radius 3 is 2.12 bits per heavy atom. The number of hydrogen-bond acceptors (Lipinski definition) is 1. The standard InChI is InChI=1S/C12H15Cl2F2N/c1-11(7-13,8-14)17-9-12(15,16)10-5-3-2-4-6-10/h2-6,17H,7-9H2,1H3. The van der Waals surface area contributed by atoms with E-state index in [0.29, 0.717) is 0 Å². The van der Waals surface area contributed by atoms with E-state index in [2.05, 4.69) is 5.32 Å². The summed E-state index contributed by atoms with van der Waals surface area (Å²) >= 11 is 11.4. The molecule has 0 bridgehead atoms. The van der Waals surface area contributed by atoms with Crippen LogP contribution in [0.15, 0.2) is 30.3 Å². The molecule has 0 aliphatic carbocycles. The molecule has 0 atom stereocenters. The number of benzene rings is 1. The van der Waals surface area contributed by atoms with Gasteiger partial charge in [-0.25, -0.2) is 0 Å². The lowest BCUT2D eigenvalue weighted by Gasteiger charge is -2.29. The van der Waals surface area contributed by atoms with Crippen LogP contribution in [-0.2, 0) is 5.92 Å². The predicted molar refractivity (Wildman–Crippen MR) is 68.2 cm³/mol. The van der Waals surface area contributed by atoms with Crippen LogP contribution in [0.25, 0.3) is 0 Å². The molecule has 1 nitrogen and oxygen atoms in total. The van der Waals surface area contributed by atoms with Crippen molar-refractivity contribution in [1.29, 1.82) is 0 Å². The Hall–Kier alpha value is -0.380. The van der Waals surface area contributed by atoms with Gasteiger partial charge in [-0.15, -0.1) is 23.2 Å². The van der Waals surface area contributed by atoms with Crippen molar-refractivity contribution in [2.75, 3.05) is 18.3 Å². The molecule has 0 heterocycles. The van der Waals surface area contributed by atoms with Gasteiger partial charge < -0.3 is 5.32 Å². The summed E-state index contributed by atoms with van der Waals surface area (Å²) in [6.45, 7) is 1.24. The van der Waals surface area contributed by atoms with Crippen LogP contribution in [0.2, 0.25) is 0 Å². The maximum atomic E-state index is 13.8. The fourth-order valence-electron chi connectivity index (χ4n) is 1.24. The number of nitrogens with one attached hydrogen (secondary N) is 1. The molecule has 0 radical (unpaired) electrons. The van der Waals surface area contributed by atoms with Crippen LogP contribution in [0.5, 0.6) is 0 Å². The summed E-state index contributed by atoms with van der Waals surface area (Å²) in [4.78, 5) is 0. The normalized spacial score (nSPS) is 12.8. The van der Waals surface area contributed by atoms with Crippen molar-refractivity contribution in [2.45, 2.75) is 18.4 Å². The van der Waals surface area contributed by atoms with Crippen LogP contribution >= 0.6 is 23.2 Å². The molecule has 96 valence electrons. The van der Waals surface area contributed by atoms with Crippen molar-refractivity contribution in [3.63, 3.8) is 0 Å². The monoisotopic (exact) mass is 281 g/mol. The Kier molecular flexibility index (Phi) is 5.17. The SMILES string of the molecule is CC(CCl)(CCl)NCC(F)(F)c1ccccc1. The molecular formula is C12H15Cl2F2N. The lowest BCUT2D eigenvalue weighted by molar-refractivity contribution is -0.00827. The van der Waals surface area contributed by atoms with E-state index >= 15 is 0 Å². The second-order valence-electron chi connectivity index (χ2n) is 4.25. The molecule has 0 spiro atoms. The van der Waals surface area contributed by atoms with Gasteiger partial charge in [0.2, 0.25) is 0 Å². The molecule has 0 fully saturated rings. The van der Waals surface area contributed by atoms with E-state index in [-0.39, 0.29) is 17.3 Å². The lowest BCUT2D eigenvalue weighted by atomic mass is 10.1. The van der Waals surface area contributed by atoms with E-state index in [0.717, 1.165) is 0 Å². The van der Waals surface area contributed by atoms with Crippen LogP contribution in [-0.4, -0.2) is 23.8 Å². The molecule has 5 heteroatoms. The molecule has 0 saturated heterocycles. The van der Waals surface area contributed by atoms with Gasteiger partial charge in [0, 0.05) is 22.9 Å². The fraction of sp³-hybridized carbons (Fsp3) is 0.500. The first-order chi connectivity index (χ1) is 7.93. The van der Waals surface area contributed by atoms with E-state index in [1.165, 1.54) is 12.1 Å². The summed E-state index contributed by atoms with van der Waals surface area (Å²) in [5.74, 6) is -2.57. The first-order valence-electron chi connectivity index (χ1n) is 5.24. The minimum Gasteiger partial charge on any atom is -0.303 e. The molecule has 0 unspecified atom stereocenters. The molecule has 0 aliphatic rings. The summed E-state index contributed by atoms with van der Waals surface area (Å²) in [6, 6.07) is 7.69. The third kappa shape index (κ3) is 4.09. The topological polar surface area (TPSA) is 12.0 Å². The first kappa shape index (κ1) is 14.7. The van der Waals surface area contributed by atoms with Gasteiger partial charge >= 0.3 is 0 Å². The number of alkyl halides is 4. The largest absolute Gasteiger partial charge is 0.303 e. The Balaban J connectivity index is 2.68. The quantitative estimate of drug-likeness (QED) is 0.786. The highest BCUT2D eigenvalue weighted by atomic mass is 35.5. The lowest BCUT2D eigenvalue weighted by Crippen LogP contribution is -2.49. The molecule has 17 heavy (non-hydrogen) atoms. The third-order valence-corrected chi connectivity index (χ3v) is 3.70. The van der Waals surface area contributed by atoms with E-state index in [1.807, 2.05) is 0 Å². The molecule has 0 aliphatic heterocycles. The molecule has 1 aromatic rings. The molecule has 0 aromatic heterocycles. The first-order valence-corrected chi connectivity index (χ1v) is 6.31. The van der Waals surface area contributed by atoms with Gasteiger partial charge in [-0.05, 0) is 6.92 Å². The van der Waals surface area contributed by atoms with Crippen molar-refractivity contribution in [1.82, 2.24) is 5.32 Å². The number of rotatable bonds is 6. The van der Waals surface area contributed by atoms with Gasteiger partial charge in [-0.2, -0.15) is 8.78 Å². The Morgan fingerprint density at radius 2 is 1.65 bits per heavy atom. The van der Waals surface area contributed by atoms with Crippen LogP contribution in [0.1, 0.15) is 12.5 Å². The maximum absolute atomic E-state index is 13.8. The van der Waals surface area contributed by atoms with E-state index in [1.54, 1.807) is 25.1 Å². The summed E-state index contributed by atoms with van der Waals surface area (Å²) < 4.78 is 27.6. The Labute approximate surface area is 110 Å². The van der Waals surface area contributed by atoms with E-state index in [4.69, 9.17) is 23.2 Å². The molecule has 0 amide bonds. The average molecular weight is 282 g/mol. The Bertz CT molecular complexity index is 340. The second-order valence-corrected chi connectivity index (χ2v) is 4.79. The van der Waals surface area contributed by atoms with Crippen LogP contribution < -0.4 is 5.32 Å². The summed E-state index contributed by atoms with van der Waals surface area (Å²) in [5.41, 5.74) is -0.694. The van der Waals surface area contributed by atoms with Crippen molar-refractivity contribution in [3.8, 4) is 0 Å². The van der Waals surface area contributed by atoms with Crippen molar-refractivity contribution < 1.29 is 8.78 Å². The van der Waals surface area contributed by atoms with Crippen LogP contribution in [0, 0.1) is 0 Å². The van der Waals surface area contributed by atoms with Gasteiger partial charge in [0.25, 0.3) is 5.92 Å². The third-order valence-electron chi connectivity index (χ3n) is 2.52. The van der Waals surface area contributed by atoms with Crippen LogP contribution in [0.3, 0.4) is 0 Å². The second kappa shape index (κ2) is 5.98. The van der Waals surface area contributed by atoms with Gasteiger partial charge in [0.05, 0.1) is 6.54 Å². The van der Waals surface area contributed by atoms with E-state index < -0.39 is 18.0 Å². The van der Waals surface area contributed by atoms with Crippen LogP contribution in [0.4, 0.5) is 8.78 Å². The van der Waals surface area contributed by atoms with Gasteiger partial charge in [0.15, 0.2) is 0 Å². The fourth-order valence-corrected chi connectivity index (χ4v) is 1.71. The smallest absolute Gasteiger partial charge is 0.285 e. The number of hydrogen-bond donors (Lipinski definition) is 1. The number of halogens is 4. The van der Waals surface area contributed by atoms with Gasteiger partial charge in [0.1, 0.15) is 0 Å². The van der Waals surface area contributed by atoms with Gasteiger partial charge in [-0.1, -0.05) is 30.3 Å². The minimum absolute atomic E-state index is 0.0148. The minimum atomic E-state index is -2.93. The zero-order valence-electron chi connectivity index (χ0n) is 9.52. The zero-order valence-corrected chi connectivity index (χ0v) is 11.0. The molecule has 1 aromatic carbocycles. The average Bonchev–Trinajstić information content (AvgIpc) is 2.37. The summed E-state index contributed by atoms with van der Waals surface area (Å²) in [5, 5.41) is 2.72. The van der Waals surface area contributed by atoms with Gasteiger partial charge in [-0.3, -0.25) is 0 Å². The molecule has 1 N–H and O–H groups in total. The maximum Gasteiger partial charge on any atom is 0.285 e. The Morgan fingerprint density at radius 1 is 1.12 bits per heavy atom. The van der Waals surface area contributed by atoms with Crippen molar-refractivity contribution >= 4 is 23.2 Å². The zero-order chi connectivity index (χ0) is 12.9. The highest BCUT2D eigenvalue weighted by molar-refractivity contribution is 6.22. The summed E-state index contributed by atoms with van der Waals surface area (Å²) in [6.07, 6.45) is 0. The van der Waals surface area contributed by atoms with E-state index in [9.17, 15) is 8.78 Å². The van der Waals surface area contributed by atoms with Crippen molar-refractivity contribution in [2.24, 2.45) is 0 Å². The predicted octanol–water partition coefficient (Wildman–Crippen LogP) is 3.60. The highest BCUT2D eigenvalue weighted by Gasteiger charge is 2.34. The molecule has 0 saturated carbocycles. The molecule has 1 rings (SSSR count). The summed E-state index contributed by atoms with van der Waals surface area (Å²) in [7, 11) is 0. The highest BCUT2D eigenvalue weighted by Crippen LogP contribution is 2.27. The molecular weight excluding hydrogens is 267 g/mol. The van der Waals surface area contributed by atoms with Crippen molar-refractivity contribution in [3.05, 3.63) is 35.9 Å².